The van der Waals surface area contributed by atoms with Crippen LogP contribution in [-0.4, -0.2) is 44.2 Å². The molecule has 1 aromatic rings. The van der Waals surface area contributed by atoms with E-state index in [2.05, 4.69) is 20.6 Å². The van der Waals surface area contributed by atoms with Crippen LogP contribution in [0.25, 0.3) is 0 Å². The fourth-order valence-corrected chi connectivity index (χ4v) is 1.79. The second-order valence-electron chi connectivity index (χ2n) is 4.31. The second kappa shape index (κ2) is 9.04. The maximum Gasteiger partial charge on any atom is 0.337 e. The molecule has 0 amide bonds. The Kier molecular flexibility index (Phi) is 7.34. The topological polar surface area (TPSA) is 72.0 Å². The molecule has 1 aromatic carbocycles. The van der Waals surface area contributed by atoms with Crippen LogP contribution in [0, 0.1) is 0 Å². The summed E-state index contributed by atoms with van der Waals surface area (Å²) in [5.74, 6) is -0.367. The van der Waals surface area contributed by atoms with Crippen molar-refractivity contribution in [2.45, 2.75) is 13.0 Å². The minimum Gasteiger partial charge on any atom is -0.465 e. The third-order valence-electron chi connectivity index (χ3n) is 2.51. The number of hydrogen-bond acceptors (Lipinski definition) is 5. The number of ether oxygens (including phenoxy) is 2. The Hall–Kier alpha value is -1.99. The standard InChI is InChI=1S/C14H19N3O3S/c1-10(9-19-2)16-14(21)17-15-8-11-4-6-12(7-5-11)13(18)20-3/h4-8,10H,9H2,1-3H3,(H2,16,17,21)/b15-8-/t10-/m0/s1. The lowest BCUT2D eigenvalue weighted by molar-refractivity contribution is 0.0600. The zero-order valence-corrected chi connectivity index (χ0v) is 13.1. The van der Waals surface area contributed by atoms with Gasteiger partial charge in [-0.1, -0.05) is 12.1 Å². The number of nitrogens with one attached hydrogen (secondary N) is 2. The van der Waals surface area contributed by atoms with Crippen LogP contribution in [0.4, 0.5) is 0 Å². The van der Waals surface area contributed by atoms with Crippen LogP contribution < -0.4 is 10.7 Å². The molecule has 0 bridgehead atoms. The first-order valence-electron chi connectivity index (χ1n) is 6.33. The lowest BCUT2D eigenvalue weighted by Gasteiger charge is -2.13. The number of hydrazone groups is 1. The van der Waals surface area contributed by atoms with Crippen LogP contribution in [0.15, 0.2) is 29.4 Å². The van der Waals surface area contributed by atoms with Crippen molar-refractivity contribution in [3.63, 3.8) is 0 Å². The lowest BCUT2D eigenvalue weighted by atomic mass is 10.1. The number of methoxy groups -OCH3 is 2. The number of esters is 1. The molecular weight excluding hydrogens is 290 g/mol. The smallest absolute Gasteiger partial charge is 0.337 e. The third-order valence-corrected chi connectivity index (χ3v) is 2.71. The first kappa shape index (κ1) is 17.1. The van der Waals surface area contributed by atoms with Crippen LogP contribution in [0.1, 0.15) is 22.8 Å². The normalized spacial score (nSPS) is 12.0. The molecule has 0 aliphatic carbocycles. The van der Waals surface area contributed by atoms with Gasteiger partial charge in [-0.2, -0.15) is 5.10 Å². The molecule has 0 aliphatic rings. The molecule has 0 saturated heterocycles. The highest BCUT2D eigenvalue weighted by molar-refractivity contribution is 7.80. The summed E-state index contributed by atoms with van der Waals surface area (Å²) in [5, 5.41) is 7.45. The van der Waals surface area contributed by atoms with Gasteiger partial charge in [0.2, 0.25) is 0 Å². The Morgan fingerprint density at radius 2 is 2.05 bits per heavy atom. The summed E-state index contributed by atoms with van der Waals surface area (Å²) in [6.07, 6.45) is 1.61. The molecule has 6 nitrogen and oxygen atoms in total. The van der Waals surface area contributed by atoms with Crippen molar-refractivity contribution in [2.24, 2.45) is 5.10 Å². The molecule has 0 saturated carbocycles. The predicted molar refractivity (Wildman–Crippen MR) is 85.6 cm³/mol. The fourth-order valence-electron chi connectivity index (χ4n) is 1.54. The molecule has 1 rings (SSSR count). The number of carbonyl (C=O) groups is 1. The molecule has 1 atom stereocenters. The Bertz CT molecular complexity index is 503. The van der Waals surface area contributed by atoms with Gasteiger partial charge in [0, 0.05) is 13.2 Å². The first-order valence-corrected chi connectivity index (χ1v) is 6.74. The predicted octanol–water partition coefficient (Wildman–Crippen LogP) is 1.31. The van der Waals surface area contributed by atoms with E-state index in [-0.39, 0.29) is 12.0 Å². The van der Waals surface area contributed by atoms with Gasteiger partial charge in [-0.3, -0.25) is 5.43 Å². The van der Waals surface area contributed by atoms with Gasteiger partial charge in [0.1, 0.15) is 0 Å². The summed E-state index contributed by atoms with van der Waals surface area (Å²) in [4.78, 5) is 11.3. The number of carbonyl (C=O) groups excluding carboxylic acids is 1. The Labute approximate surface area is 129 Å². The number of rotatable bonds is 6. The fraction of sp³-hybridized carbons (Fsp3) is 0.357. The highest BCUT2D eigenvalue weighted by Crippen LogP contribution is 2.03. The van der Waals surface area contributed by atoms with E-state index < -0.39 is 0 Å². The average Bonchev–Trinajstić information content (AvgIpc) is 2.47. The van der Waals surface area contributed by atoms with Crippen molar-refractivity contribution in [1.82, 2.24) is 10.7 Å². The van der Waals surface area contributed by atoms with Gasteiger partial charge in [-0.15, -0.1) is 0 Å². The quantitative estimate of drug-likeness (QED) is 0.357. The molecule has 0 spiro atoms. The van der Waals surface area contributed by atoms with Gasteiger partial charge in [0.05, 0.1) is 25.5 Å². The van der Waals surface area contributed by atoms with E-state index in [0.717, 1.165) is 5.56 Å². The van der Waals surface area contributed by atoms with Crippen molar-refractivity contribution < 1.29 is 14.3 Å². The molecule has 2 N–H and O–H groups in total. The molecule has 0 aromatic heterocycles. The average molecular weight is 309 g/mol. The maximum atomic E-state index is 11.3. The summed E-state index contributed by atoms with van der Waals surface area (Å²) in [7, 11) is 2.98. The maximum absolute atomic E-state index is 11.3. The second-order valence-corrected chi connectivity index (χ2v) is 4.72. The molecule has 21 heavy (non-hydrogen) atoms. The Balaban J connectivity index is 2.46. The van der Waals surface area contributed by atoms with Gasteiger partial charge >= 0.3 is 5.97 Å². The monoisotopic (exact) mass is 309 g/mol. The van der Waals surface area contributed by atoms with Crippen molar-refractivity contribution >= 4 is 29.5 Å². The van der Waals surface area contributed by atoms with E-state index in [4.69, 9.17) is 17.0 Å². The van der Waals surface area contributed by atoms with Gasteiger partial charge < -0.3 is 14.8 Å². The van der Waals surface area contributed by atoms with E-state index in [1.54, 1.807) is 37.6 Å². The molecule has 0 fully saturated rings. The zero-order valence-electron chi connectivity index (χ0n) is 12.3. The van der Waals surface area contributed by atoms with Gasteiger partial charge in [-0.05, 0) is 36.8 Å². The number of nitrogens with zero attached hydrogens (tertiary/aromatic N) is 1. The minimum absolute atomic E-state index is 0.101. The Morgan fingerprint density at radius 1 is 1.38 bits per heavy atom. The number of thiocarbonyl (C=S) groups is 1. The van der Waals surface area contributed by atoms with Crippen LogP contribution in [0.5, 0.6) is 0 Å². The number of benzene rings is 1. The summed E-state index contributed by atoms with van der Waals surface area (Å²) < 4.78 is 9.62. The summed E-state index contributed by atoms with van der Waals surface area (Å²) in [6.45, 7) is 2.51. The summed E-state index contributed by atoms with van der Waals surface area (Å²) in [6, 6.07) is 6.97. The van der Waals surface area contributed by atoms with Crippen molar-refractivity contribution in [3.05, 3.63) is 35.4 Å². The van der Waals surface area contributed by atoms with Crippen LogP contribution in [0.3, 0.4) is 0 Å². The van der Waals surface area contributed by atoms with Crippen molar-refractivity contribution in [2.75, 3.05) is 20.8 Å². The largest absolute Gasteiger partial charge is 0.465 e. The third kappa shape index (κ3) is 6.33. The van der Waals surface area contributed by atoms with Gasteiger partial charge in [0.15, 0.2) is 5.11 Å². The van der Waals surface area contributed by atoms with E-state index in [0.29, 0.717) is 17.3 Å². The highest BCUT2D eigenvalue weighted by atomic mass is 32.1. The summed E-state index contributed by atoms with van der Waals surface area (Å²) >= 11 is 5.08. The molecule has 7 heteroatoms. The van der Waals surface area contributed by atoms with Gasteiger partial charge in [0.25, 0.3) is 0 Å². The van der Waals surface area contributed by atoms with E-state index in [1.165, 1.54) is 7.11 Å². The molecule has 0 unspecified atom stereocenters. The van der Waals surface area contributed by atoms with Gasteiger partial charge in [-0.25, -0.2) is 4.79 Å². The molecule has 0 aliphatic heterocycles. The minimum atomic E-state index is -0.367. The van der Waals surface area contributed by atoms with Crippen LogP contribution >= 0.6 is 12.2 Å². The lowest BCUT2D eigenvalue weighted by Crippen LogP contribution is -2.40. The summed E-state index contributed by atoms with van der Waals surface area (Å²) in [5.41, 5.74) is 4.04. The van der Waals surface area contributed by atoms with Crippen molar-refractivity contribution in [3.8, 4) is 0 Å². The van der Waals surface area contributed by atoms with Crippen LogP contribution in [0.2, 0.25) is 0 Å². The van der Waals surface area contributed by atoms with E-state index >= 15 is 0 Å². The Morgan fingerprint density at radius 3 is 2.62 bits per heavy atom. The molecule has 114 valence electrons. The SMILES string of the molecule is COC[C@H](C)NC(=S)N/N=C\c1ccc(C(=O)OC)cc1. The van der Waals surface area contributed by atoms with Crippen molar-refractivity contribution in [1.29, 1.82) is 0 Å². The van der Waals surface area contributed by atoms with E-state index in [1.807, 2.05) is 6.92 Å². The molecule has 0 heterocycles. The van der Waals surface area contributed by atoms with Crippen LogP contribution in [-0.2, 0) is 9.47 Å². The highest BCUT2D eigenvalue weighted by Gasteiger charge is 2.04. The number of hydrogen-bond donors (Lipinski definition) is 2. The zero-order chi connectivity index (χ0) is 15.7. The van der Waals surface area contributed by atoms with E-state index in [9.17, 15) is 4.79 Å². The molecule has 0 radical (unpaired) electrons. The first-order chi connectivity index (χ1) is 10.1. The molecular formula is C14H19N3O3S.